The quantitative estimate of drug-likeness (QED) is 0.860. The minimum Gasteiger partial charge on any atom is -0.497 e. The van der Waals surface area contributed by atoms with Crippen LogP contribution in [0.1, 0.15) is 23.5 Å². The second-order valence-corrected chi connectivity index (χ2v) is 7.67. The van der Waals surface area contributed by atoms with Crippen LogP contribution in [0.2, 0.25) is 0 Å². The van der Waals surface area contributed by atoms with Gasteiger partial charge in [-0.15, -0.1) is 11.8 Å². The molecule has 0 bridgehead atoms. The molecule has 1 fully saturated rings. The molecule has 2 aliphatic rings. The molecule has 0 unspecified atom stereocenters. The van der Waals surface area contributed by atoms with Crippen molar-refractivity contribution in [1.82, 2.24) is 4.90 Å². The number of hydrogen-bond acceptors (Lipinski definition) is 5. The lowest BCUT2D eigenvalue weighted by Crippen LogP contribution is -2.48. The van der Waals surface area contributed by atoms with Crippen LogP contribution in [0.3, 0.4) is 0 Å². The number of amides is 1. The number of allylic oxidation sites excluding steroid dienone is 1. The van der Waals surface area contributed by atoms with Crippen LogP contribution >= 0.6 is 11.8 Å². The normalized spacial score (nSPS) is 24.1. The Morgan fingerprint density at radius 3 is 2.54 bits per heavy atom. The highest BCUT2D eigenvalue weighted by Gasteiger charge is 2.51. The van der Waals surface area contributed by atoms with E-state index in [0.29, 0.717) is 27.5 Å². The minimum absolute atomic E-state index is 0.0387. The topological polar surface area (TPSA) is 73.6 Å². The maximum absolute atomic E-state index is 13.3. The fourth-order valence-electron chi connectivity index (χ4n) is 3.68. The average Bonchev–Trinajstić information content (AvgIpc) is 3.08. The number of hydrogen-bond donors (Lipinski definition) is 1. The molecule has 5 nitrogen and oxygen atoms in total. The van der Waals surface area contributed by atoms with Gasteiger partial charge in [-0.05, 0) is 29.8 Å². The van der Waals surface area contributed by atoms with E-state index in [-0.39, 0.29) is 23.9 Å². The summed E-state index contributed by atoms with van der Waals surface area (Å²) in [6.45, 7) is 0. The third kappa shape index (κ3) is 2.86. The van der Waals surface area contributed by atoms with Gasteiger partial charge in [-0.25, -0.2) is 4.39 Å². The molecule has 1 amide bonds. The van der Waals surface area contributed by atoms with E-state index in [9.17, 15) is 19.6 Å². The molecule has 2 aliphatic heterocycles. The van der Waals surface area contributed by atoms with Crippen LogP contribution in [0.5, 0.6) is 5.75 Å². The van der Waals surface area contributed by atoms with E-state index >= 15 is 0 Å². The van der Waals surface area contributed by atoms with Crippen molar-refractivity contribution in [3.05, 3.63) is 76.1 Å². The van der Waals surface area contributed by atoms with Gasteiger partial charge in [0.1, 0.15) is 11.6 Å². The molecule has 2 atom stereocenters. The molecular formula is C21H17FN2O3S. The van der Waals surface area contributed by atoms with Crippen LogP contribution in [0.4, 0.5) is 4.39 Å². The van der Waals surface area contributed by atoms with Gasteiger partial charge in [-0.3, -0.25) is 9.69 Å². The van der Waals surface area contributed by atoms with Crippen molar-refractivity contribution in [3.63, 3.8) is 0 Å². The molecule has 0 aromatic heterocycles. The lowest BCUT2D eigenvalue weighted by molar-refractivity contribution is -0.149. The lowest BCUT2D eigenvalue weighted by atomic mass is 9.85. The van der Waals surface area contributed by atoms with E-state index in [0.717, 1.165) is 0 Å². The Labute approximate surface area is 166 Å². The first-order valence-corrected chi connectivity index (χ1v) is 9.69. The number of benzene rings is 2. The van der Waals surface area contributed by atoms with Crippen molar-refractivity contribution in [2.24, 2.45) is 0 Å². The van der Waals surface area contributed by atoms with Gasteiger partial charge in [0, 0.05) is 17.9 Å². The van der Waals surface area contributed by atoms with E-state index in [1.165, 1.54) is 28.8 Å². The van der Waals surface area contributed by atoms with Crippen LogP contribution in [-0.4, -0.2) is 28.8 Å². The van der Waals surface area contributed by atoms with Crippen molar-refractivity contribution >= 4 is 17.7 Å². The molecule has 0 saturated carbocycles. The van der Waals surface area contributed by atoms with Crippen LogP contribution in [-0.2, 0) is 10.5 Å². The van der Waals surface area contributed by atoms with Crippen LogP contribution in [0.15, 0.2) is 59.1 Å². The number of ether oxygens (including phenoxy) is 1. The van der Waals surface area contributed by atoms with Crippen LogP contribution < -0.4 is 4.74 Å². The Balaban J connectivity index is 1.77. The average molecular weight is 396 g/mol. The van der Waals surface area contributed by atoms with Gasteiger partial charge in [0.15, 0.2) is 5.72 Å². The fourth-order valence-corrected chi connectivity index (χ4v) is 5.04. The zero-order valence-electron chi connectivity index (χ0n) is 15.1. The number of methoxy groups -OCH3 is 1. The summed E-state index contributed by atoms with van der Waals surface area (Å²) in [6.07, 6.45) is 0.0387. The van der Waals surface area contributed by atoms with Gasteiger partial charge < -0.3 is 9.84 Å². The molecule has 0 spiro atoms. The van der Waals surface area contributed by atoms with Gasteiger partial charge in [-0.1, -0.05) is 24.3 Å². The molecule has 0 aliphatic carbocycles. The molecule has 4 rings (SSSR count). The summed E-state index contributed by atoms with van der Waals surface area (Å²) in [4.78, 5) is 14.3. The number of fused-ring (bicyclic) bond motifs is 1. The van der Waals surface area contributed by atoms with Crippen molar-refractivity contribution in [2.75, 3.05) is 12.9 Å². The molecule has 142 valence electrons. The summed E-state index contributed by atoms with van der Waals surface area (Å²) < 4.78 is 18.4. The second kappa shape index (κ2) is 6.97. The number of thioether (sulfide) groups is 1. The van der Waals surface area contributed by atoms with E-state index in [2.05, 4.69) is 6.07 Å². The van der Waals surface area contributed by atoms with E-state index in [1.54, 1.807) is 43.5 Å². The molecule has 0 radical (unpaired) electrons. The predicted octanol–water partition coefficient (Wildman–Crippen LogP) is 3.48. The second-order valence-electron chi connectivity index (χ2n) is 6.70. The molecule has 2 aromatic carbocycles. The first-order chi connectivity index (χ1) is 13.5. The minimum atomic E-state index is -1.53. The highest BCUT2D eigenvalue weighted by atomic mass is 32.2. The Morgan fingerprint density at radius 2 is 1.93 bits per heavy atom. The SMILES string of the molecule is COc1ccc([C@@]2(O)CSC3=C(C#N)[C@@H](c4ccc(F)cc4)CC(=O)N32)cc1. The molecule has 2 heterocycles. The van der Waals surface area contributed by atoms with Crippen molar-refractivity contribution in [3.8, 4) is 11.8 Å². The van der Waals surface area contributed by atoms with Crippen molar-refractivity contribution in [1.29, 1.82) is 5.26 Å². The number of nitrogens with zero attached hydrogens (tertiary/aromatic N) is 2. The molecule has 7 heteroatoms. The monoisotopic (exact) mass is 396 g/mol. The number of aliphatic hydroxyl groups is 1. The number of carbonyl (C=O) groups is 1. The van der Waals surface area contributed by atoms with E-state index in [4.69, 9.17) is 4.74 Å². The standard InChI is InChI=1S/C21H17FN2O3S/c1-27-16-8-4-14(5-9-16)21(26)12-28-20-18(11-23)17(10-19(25)24(20)21)13-2-6-15(22)7-3-13/h2-9,17,26H,10,12H2,1H3/t17-,21+/m1/s1. The first kappa shape index (κ1) is 18.5. The first-order valence-electron chi connectivity index (χ1n) is 8.70. The highest BCUT2D eigenvalue weighted by Crippen LogP contribution is 2.51. The highest BCUT2D eigenvalue weighted by molar-refractivity contribution is 8.03. The van der Waals surface area contributed by atoms with Gasteiger partial charge in [0.2, 0.25) is 5.91 Å². The van der Waals surface area contributed by atoms with Gasteiger partial charge in [0.25, 0.3) is 0 Å². The van der Waals surface area contributed by atoms with E-state index < -0.39 is 11.6 Å². The molecule has 2 aromatic rings. The molecule has 1 N–H and O–H groups in total. The molecule has 28 heavy (non-hydrogen) atoms. The Hall–Kier alpha value is -2.82. The summed E-state index contributed by atoms with van der Waals surface area (Å²) in [7, 11) is 1.55. The third-order valence-electron chi connectivity index (χ3n) is 5.14. The molecule has 1 saturated heterocycles. The summed E-state index contributed by atoms with van der Waals surface area (Å²) in [5, 5.41) is 21.6. The van der Waals surface area contributed by atoms with E-state index in [1.807, 2.05) is 0 Å². The number of nitriles is 1. The van der Waals surface area contributed by atoms with Gasteiger partial charge in [0.05, 0.1) is 29.5 Å². The van der Waals surface area contributed by atoms with Crippen molar-refractivity contribution in [2.45, 2.75) is 18.1 Å². The number of carbonyl (C=O) groups excluding carboxylic acids is 1. The fraction of sp³-hybridized carbons (Fsp3) is 0.238. The maximum Gasteiger partial charge on any atom is 0.231 e. The molecular weight excluding hydrogens is 379 g/mol. The summed E-state index contributed by atoms with van der Waals surface area (Å²) >= 11 is 1.28. The summed E-state index contributed by atoms with van der Waals surface area (Å²) in [5.74, 6) is -0.223. The number of halogens is 1. The largest absolute Gasteiger partial charge is 0.497 e. The summed E-state index contributed by atoms with van der Waals surface area (Å²) in [6, 6.07) is 14.9. The Kier molecular flexibility index (Phi) is 4.61. The zero-order valence-corrected chi connectivity index (χ0v) is 15.9. The maximum atomic E-state index is 13.3. The van der Waals surface area contributed by atoms with Crippen LogP contribution in [0.25, 0.3) is 0 Å². The van der Waals surface area contributed by atoms with Gasteiger partial charge >= 0.3 is 0 Å². The smallest absolute Gasteiger partial charge is 0.231 e. The predicted molar refractivity (Wildman–Crippen MR) is 103 cm³/mol. The van der Waals surface area contributed by atoms with Crippen LogP contribution in [0, 0.1) is 17.1 Å². The lowest BCUT2D eigenvalue weighted by Gasteiger charge is -2.38. The third-order valence-corrected chi connectivity index (χ3v) is 6.36. The summed E-state index contributed by atoms with van der Waals surface area (Å²) in [5.41, 5.74) is 0.153. The van der Waals surface area contributed by atoms with Gasteiger partial charge in [-0.2, -0.15) is 5.26 Å². The Bertz CT molecular complexity index is 998. The zero-order chi connectivity index (χ0) is 19.9. The Morgan fingerprint density at radius 1 is 1.25 bits per heavy atom. The van der Waals surface area contributed by atoms with Crippen molar-refractivity contribution < 1.29 is 19.0 Å². The number of rotatable bonds is 3.